The predicted molar refractivity (Wildman–Crippen MR) is 125 cm³/mol. The van der Waals surface area contributed by atoms with Crippen LogP contribution < -0.4 is 15.1 Å². The number of carbonyl (C=O) groups is 1. The van der Waals surface area contributed by atoms with Gasteiger partial charge in [0.05, 0.1) is 42.9 Å². The Bertz CT molecular complexity index is 1070. The molecule has 1 aromatic carbocycles. The van der Waals surface area contributed by atoms with Crippen LogP contribution in [0.3, 0.4) is 0 Å². The lowest BCUT2D eigenvalue weighted by molar-refractivity contribution is -0.123. The second kappa shape index (κ2) is 8.25. The zero-order valence-corrected chi connectivity index (χ0v) is 19.0. The van der Waals surface area contributed by atoms with Crippen LogP contribution in [0.5, 0.6) is 0 Å². The number of fused-ring (bicyclic) bond motifs is 4. The number of hydrogen-bond acceptors (Lipinski definition) is 6. The number of pyridine rings is 1. The maximum atomic E-state index is 14.1. The molecule has 0 saturated carbocycles. The van der Waals surface area contributed by atoms with Gasteiger partial charge in [0, 0.05) is 23.7 Å². The minimum Gasteiger partial charge on any atom is -0.374 e. The number of benzene rings is 1. The van der Waals surface area contributed by atoms with E-state index in [9.17, 15) is 9.18 Å². The highest BCUT2D eigenvalue weighted by Crippen LogP contribution is 2.41. The fraction of sp³-hybridized carbons (Fsp3) is 0.520. The Morgan fingerprint density at radius 3 is 2.85 bits per heavy atom. The molecule has 0 aliphatic carbocycles. The molecule has 33 heavy (non-hydrogen) atoms. The number of likely N-dealkylation sites (tertiary alicyclic amines) is 1. The second-order valence-corrected chi connectivity index (χ2v) is 9.62. The van der Waals surface area contributed by atoms with Crippen molar-refractivity contribution in [2.24, 2.45) is 5.92 Å². The van der Waals surface area contributed by atoms with E-state index in [0.29, 0.717) is 30.1 Å². The Labute approximate surface area is 193 Å². The van der Waals surface area contributed by atoms with E-state index >= 15 is 0 Å². The SMILES string of the molecule is CCN1CCC(C(=O)N2Cc3cc(F)cnc3Nc3ccc(N4C[C@@H]5C[C@H]4CO5)cc32)CC1. The van der Waals surface area contributed by atoms with Crippen LogP contribution in [-0.4, -0.2) is 60.7 Å². The van der Waals surface area contributed by atoms with E-state index in [0.717, 1.165) is 69.1 Å². The summed E-state index contributed by atoms with van der Waals surface area (Å²) in [5.41, 5.74) is 3.48. The third-order valence-corrected chi connectivity index (χ3v) is 7.67. The summed E-state index contributed by atoms with van der Waals surface area (Å²) in [5, 5.41) is 3.36. The van der Waals surface area contributed by atoms with Crippen molar-refractivity contribution < 1.29 is 13.9 Å². The van der Waals surface area contributed by atoms with Crippen LogP contribution in [0.1, 0.15) is 31.7 Å². The van der Waals surface area contributed by atoms with Crippen molar-refractivity contribution >= 4 is 28.8 Å². The average molecular weight is 452 g/mol. The maximum absolute atomic E-state index is 14.1. The van der Waals surface area contributed by atoms with Crippen LogP contribution in [-0.2, 0) is 16.1 Å². The zero-order chi connectivity index (χ0) is 22.5. The molecule has 4 aliphatic rings. The van der Waals surface area contributed by atoms with Gasteiger partial charge in [-0.25, -0.2) is 9.37 Å². The number of carbonyl (C=O) groups excluding carboxylic acids is 1. The number of aromatic nitrogens is 1. The van der Waals surface area contributed by atoms with Gasteiger partial charge in [0.25, 0.3) is 0 Å². The van der Waals surface area contributed by atoms with Gasteiger partial charge in [-0.05, 0) is 63.2 Å². The van der Waals surface area contributed by atoms with Crippen molar-refractivity contribution in [1.82, 2.24) is 9.88 Å². The van der Waals surface area contributed by atoms with Crippen molar-refractivity contribution in [3.8, 4) is 0 Å². The lowest BCUT2D eigenvalue weighted by atomic mass is 9.94. The molecule has 5 heterocycles. The number of nitrogens with one attached hydrogen (secondary N) is 1. The molecule has 7 nitrogen and oxygen atoms in total. The second-order valence-electron chi connectivity index (χ2n) is 9.62. The Kier molecular flexibility index (Phi) is 5.22. The Morgan fingerprint density at radius 2 is 2.12 bits per heavy atom. The Morgan fingerprint density at radius 1 is 1.27 bits per heavy atom. The molecule has 2 atom stereocenters. The molecule has 4 aliphatic heterocycles. The molecule has 1 aromatic heterocycles. The first-order chi connectivity index (χ1) is 16.1. The lowest BCUT2D eigenvalue weighted by Gasteiger charge is -2.34. The molecular formula is C25H30FN5O2. The van der Waals surface area contributed by atoms with Crippen LogP contribution in [0.2, 0.25) is 0 Å². The third kappa shape index (κ3) is 3.75. The highest BCUT2D eigenvalue weighted by molar-refractivity contribution is 6.00. The highest BCUT2D eigenvalue weighted by atomic mass is 19.1. The van der Waals surface area contributed by atoms with E-state index in [-0.39, 0.29) is 17.6 Å². The molecule has 1 N–H and O–H groups in total. The highest BCUT2D eigenvalue weighted by Gasteiger charge is 2.40. The average Bonchev–Trinajstić information content (AvgIpc) is 3.44. The molecule has 0 unspecified atom stereocenters. The van der Waals surface area contributed by atoms with Crippen LogP contribution in [0.25, 0.3) is 0 Å². The van der Waals surface area contributed by atoms with Gasteiger partial charge < -0.3 is 24.8 Å². The van der Waals surface area contributed by atoms with Gasteiger partial charge >= 0.3 is 0 Å². The maximum Gasteiger partial charge on any atom is 0.230 e. The number of anilines is 4. The molecule has 2 bridgehead atoms. The van der Waals surface area contributed by atoms with E-state index < -0.39 is 0 Å². The molecule has 0 spiro atoms. The summed E-state index contributed by atoms with van der Waals surface area (Å²) in [5.74, 6) is 0.312. The quantitative estimate of drug-likeness (QED) is 0.771. The van der Waals surface area contributed by atoms with Crippen molar-refractivity contribution in [3.63, 3.8) is 0 Å². The number of ether oxygens (including phenoxy) is 1. The van der Waals surface area contributed by atoms with Gasteiger partial charge in [-0.15, -0.1) is 0 Å². The monoisotopic (exact) mass is 451 g/mol. The van der Waals surface area contributed by atoms with E-state index in [1.165, 1.54) is 12.3 Å². The van der Waals surface area contributed by atoms with Gasteiger partial charge in [0.15, 0.2) is 0 Å². The largest absolute Gasteiger partial charge is 0.374 e. The molecule has 0 radical (unpaired) electrons. The molecule has 2 aromatic rings. The topological polar surface area (TPSA) is 60.9 Å². The van der Waals surface area contributed by atoms with E-state index in [4.69, 9.17) is 4.74 Å². The summed E-state index contributed by atoms with van der Waals surface area (Å²) >= 11 is 0. The predicted octanol–water partition coefficient (Wildman–Crippen LogP) is 3.52. The number of morpholine rings is 1. The van der Waals surface area contributed by atoms with Crippen LogP contribution in [0.4, 0.5) is 27.3 Å². The summed E-state index contributed by atoms with van der Waals surface area (Å²) in [6.07, 6.45) is 4.28. The molecule has 1 amide bonds. The van der Waals surface area contributed by atoms with Gasteiger partial charge in [0.1, 0.15) is 11.6 Å². The molecule has 6 rings (SSSR count). The first kappa shape index (κ1) is 20.9. The van der Waals surface area contributed by atoms with E-state index in [2.05, 4.69) is 39.2 Å². The fourth-order valence-electron chi connectivity index (χ4n) is 5.75. The van der Waals surface area contributed by atoms with Crippen LogP contribution in [0.15, 0.2) is 30.5 Å². The number of hydrogen-bond donors (Lipinski definition) is 1. The number of amides is 1. The minimum atomic E-state index is -0.390. The van der Waals surface area contributed by atoms with Crippen LogP contribution in [0, 0.1) is 11.7 Å². The third-order valence-electron chi connectivity index (χ3n) is 7.67. The van der Waals surface area contributed by atoms with Gasteiger partial charge in [-0.3, -0.25) is 4.79 Å². The van der Waals surface area contributed by atoms with Crippen molar-refractivity contribution in [2.45, 2.75) is 44.9 Å². The fourth-order valence-corrected chi connectivity index (χ4v) is 5.75. The molecule has 3 saturated heterocycles. The number of rotatable bonds is 3. The molecule has 8 heteroatoms. The van der Waals surface area contributed by atoms with Gasteiger partial charge in [-0.2, -0.15) is 0 Å². The van der Waals surface area contributed by atoms with Gasteiger partial charge in [0.2, 0.25) is 5.91 Å². The minimum absolute atomic E-state index is 0.0245. The van der Waals surface area contributed by atoms with Crippen molar-refractivity contribution in [1.29, 1.82) is 0 Å². The van der Waals surface area contributed by atoms with Crippen molar-refractivity contribution in [2.75, 3.05) is 47.9 Å². The summed E-state index contributed by atoms with van der Waals surface area (Å²) in [4.78, 5) is 24.8. The van der Waals surface area contributed by atoms with Crippen LogP contribution >= 0.6 is 0 Å². The Balaban J connectivity index is 1.36. The van der Waals surface area contributed by atoms with E-state index in [1.807, 2.05) is 11.0 Å². The standard InChI is InChI=1S/C25H30FN5O2/c1-2-29-7-5-16(6-8-29)25(32)31-13-17-9-18(26)12-27-24(17)28-22-4-3-19(11-23(22)31)30-14-21-10-20(30)15-33-21/h3-4,9,11-12,16,20-21H,2,5-8,10,13-15H2,1H3,(H,27,28)/t20-,21-/m0/s1. The van der Waals surface area contributed by atoms with E-state index in [1.54, 1.807) is 0 Å². The summed E-state index contributed by atoms with van der Waals surface area (Å²) in [7, 11) is 0. The Hall–Kier alpha value is -2.71. The number of nitrogens with zero attached hydrogens (tertiary/aromatic N) is 4. The lowest BCUT2D eigenvalue weighted by Crippen LogP contribution is -2.42. The number of halogens is 1. The van der Waals surface area contributed by atoms with Gasteiger partial charge in [-0.1, -0.05) is 6.92 Å². The first-order valence-corrected chi connectivity index (χ1v) is 12.1. The van der Waals surface area contributed by atoms with Crippen molar-refractivity contribution in [3.05, 3.63) is 41.8 Å². The first-order valence-electron chi connectivity index (χ1n) is 12.1. The number of piperidine rings is 1. The summed E-state index contributed by atoms with van der Waals surface area (Å²) in [6, 6.07) is 8.12. The zero-order valence-electron chi connectivity index (χ0n) is 19.0. The summed E-state index contributed by atoms with van der Waals surface area (Å²) < 4.78 is 19.8. The smallest absolute Gasteiger partial charge is 0.230 e. The molecule has 3 fully saturated rings. The summed E-state index contributed by atoms with van der Waals surface area (Å²) in [6.45, 7) is 7.01. The normalized spacial score (nSPS) is 24.9. The molecule has 174 valence electrons. The molecular weight excluding hydrogens is 421 g/mol.